The second kappa shape index (κ2) is 25.1. The van der Waals surface area contributed by atoms with E-state index in [1.165, 1.54) is 4.90 Å². The molecule has 2 heterocycles. The highest BCUT2D eigenvalue weighted by molar-refractivity contribution is 5.97. The lowest BCUT2D eigenvalue weighted by atomic mass is 9.97. The van der Waals surface area contributed by atoms with E-state index in [0.29, 0.717) is 31.4 Å². The molecule has 0 radical (unpaired) electrons. The van der Waals surface area contributed by atoms with Crippen molar-refractivity contribution >= 4 is 75.9 Å². The fourth-order valence-corrected chi connectivity index (χ4v) is 6.86. The Balaban J connectivity index is 1.74. The number of carbonyl (C=O) groups is 11. The van der Waals surface area contributed by atoms with Crippen LogP contribution in [0.3, 0.4) is 0 Å². The van der Waals surface area contributed by atoms with Crippen LogP contribution < -0.4 is 54.4 Å². The molecule has 0 saturated carbocycles. The van der Waals surface area contributed by atoms with Crippen LogP contribution in [0.4, 0.5) is 0 Å². The van der Waals surface area contributed by atoms with Crippen LogP contribution in [0.15, 0.2) is 30.5 Å². The number of amides is 10. The summed E-state index contributed by atoms with van der Waals surface area (Å²) < 4.78 is 0. The highest BCUT2D eigenvalue weighted by Crippen LogP contribution is 2.20. The number of nitrogens with one attached hydrogen (secondary N) is 8. The van der Waals surface area contributed by atoms with Crippen molar-refractivity contribution in [1.82, 2.24) is 47.1 Å². The number of para-hydroxylation sites is 1. The number of carboxylic acid groups (broad SMARTS) is 1. The zero-order valence-electron chi connectivity index (χ0n) is 35.7. The lowest BCUT2D eigenvalue weighted by molar-refractivity contribution is -0.139. The van der Waals surface area contributed by atoms with Crippen molar-refractivity contribution in [2.24, 2.45) is 23.1 Å². The van der Waals surface area contributed by atoms with E-state index in [1.807, 2.05) is 0 Å². The lowest BCUT2D eigenvalue weighted by Gasteiger charge is -2.27. The van der Waals surface area contributed by atoms with E-state index in [0.717, 1.165) is 10.9 Å². The van der Waals surface area contributed by atoms with Gasteiger partial charge in [-0.05, 0) is 43.2 Å². The molecule has 0 spiro atoms. The minimum absolute atomic E-state index is 0.101. The largest absolute Gasteiger partial charge is 0.480 e. The maximum Gasteiger partial charge on any atom is 0.322 e. The number of nitrogens with two attached hydrogens (primary N) is 3. The minimum Gasteiger partial charge on any atom is -0.480 e. The molecule has 1 saturated heterocycles. The van der Waals surface area contributed by atoms with Crippen LogP contribution in [0, 0.1) is 5.92 Å². The SMILES string of the molecule is CC[C@H](C)[C@H](NC(=O)CNC(=O)[C@H](CCC(N)=O)NC(=O)[C@@H]1CCCN1C(=O)CN)C(=O)N[C@@H](Cc1c[nH]c2ccccc12)C(=O)NCC(=O)N[C@@H](CCC(N)=O)C(=O)NCC(=O)O. The Bertz CT molecular complexity index is 2060. The predicted molar refractivity (Wildman–Crippen MR) is 226 cm³/mol. The molecule has 0 unspecified atom stereocenters. The summed E-state index contributed by atoms with van der Waals surface area (Å²) in [4.78, 5) is 144. The van der Waals surface area contributed by atoms with Gasteiger partial charge in [-0.3, -0.25) is 52.7 Å². The molecule has 1 fully saturated rings. The summed E-state index contributed by atoms with van der Waals surface area (Å²) in [5.41, 5.74) is 17.3. The van der Waals surface area contributed by atoms with Gasteiger partial charge < -0.3 is 69.4 Å². The fourth-order valence-electron chi connectivity index (χ4n) is 6.86. The summed E-state index contributed by atoms with van der Waals surface area (Å²) in [5.74, 6) is -9.62. The zero-order chi connectivity index (χ0) is 47.5. The number of aromatic amines is 1. The molecule has 3 rings (SSSR count). The Hall–Kier alpha value is -7.11. The first kappa shape index (κ1) is 51.2. The van der Waals surface area contributed by atoms with Gasteiger partial charge in [-0.2, -0.15) is 0 Å². The normalized spacial score (nSPS) is 15.6. The number of rotatable bonds is 26. The number of nitrogens with zero attached hydrogens (tertiary/aromatic N) is 1. The van der Waals surface area contributed by atoms with Gasteiger partial charge in [0.15, 0.2) is 0 Å². The third-order valence-electron chi connectivity index (χ3n) is 10.5. The quantitative estimate of drug-likeness (QED) is 0.0425. The Morgan fingerprint density at radius 1 is 0.766 bits per heavy atom. The van der Waals surface area contributed by atoms with E-state index < -0.39 is 121 Å². The molecule has 24 nitrogen and oxygen atoms in total. The van der Waals surface area contributed by atoms with Gasteiger partial charge in [0.2, 0.25) is 59.1 Å². The minimum atomic E-state index is -1.38. The number of hydrogen-bond acceptors (Lipinski definition) is 12. The molecule has 6 atom stereocenters. The van der Waals surface area contributed by atoms with Crippen molar-refractivity contribution in [1.29, 1.82) is 0 Å². The average molecular weight is 899 g/mol. The molecule has 350 valence electrons. The van der Waals surface area contributed by atoms with Crippen LogP contribution >= 0.6 is 0 Å². The zero-order valence-corrected chi connectivity index (χ0v) is 35.7. The molecule has 0 aliphatic carbocycles. The molecule has 0 bridgehead atoms. The van der Waals surface area contributed by atoms with Crippen molar-refractivity contribution in [3.05, 3.63) is 36.0 Å². The van der Waals surface area contributed by atoms with Crippen molar-refractivity contribution < 1.29 is 57.8 Å². The summed E-state index contributed by atoms with van der Waals surface area (Å²) in [6, 6.07) is 0.956. The Labute approximate surface area is 367 Å². The molecule has 1 aliphatic rings. The van der Waals surface area contributed by atoms with Crippen LogP contribution in [-0.2, 0) is 59.2 Å². The topological polar surface area (TPSA) is 389 Å². The fraction of sp³-hybridized carbons (Fsp3) is 0.525. The lowest BCUT2D eigenvalue weighted by Crippen LogP contribution is -2.58. The first-order chi connectivity index (χ1) is 30.3. The van der Waals surface area contributed by atoms with E-state index in [2.05, 4.69) is 42.2 Å². The molecule has 2 aromatic rings. The molecule has 15 N–H and O–H groups in total. The van der Waals surface area contributed by atoms with E-state index >= 15 is 0 Å². The molecule has 10 amide bonds. The van der Waals surface area contributed by atoms with Gasteiger partial charge in [0.05, 0.1) is 19.6 Å². The molecular formula is C40H58N12O12. The molecule has 64 heavy (non-hydrogen) atoms. The number of H-pyrrole nitrogens is 1. The van der Waals surface area contributed by atoms with Crippen LogP contribution in [0.5, 0.6) is 0 Å². The van der Waals surface area contributed by atoms with Gasteiger partial charge in [0, 0.05) is 42.9 Å². The smallest absolute Gasteiger partial charge is 0.322 e. The van der Waals surface area contributed by atoms with E-state index in [9.17, 15) is 52.7 Å². The molecular weight excluding hydrogens is 841 g/mol. The number of primary amides is 2. The third kappa shape index (κ3) is 16.0. The summed E-state index contributed by atoms with van der Waals surface area (Å²) >= 11 is 0. The van der Waals surface area contributed by atoms with Gasteiger partial charge >= 0.3 is 5.97 Å². The van der Waals surface area contributed by atoms with Gasteiger partial charge in [-0.1, -0.05) is 38.5 Å². The number of carbonyl (C=O) groups excluding carboxylic acids is 10. The Morgan fingerprint density at radius 2 is 1.33 bits per heavy atom. The molecule has 1 aromatic heterocycles. The maximum absolute atomic E-state index is 14.0. The molecule has 1 aromatic carbocycles. The Kier molecular flexibility index (Phi) is 20.1. The van der Waals surface area contributed by atoms with Crippen molar-refractivity contribution in [3.8, 4) is 0 Å². The number of carboxylic acids is 1. The van der Waals surface area contributed by atoms with Gasteiger partial charge in [-0.25, -0.2) is 0 Å². The third-order valence-corrected chi connectivity index (χ3v) is 10.5. The number of aliphatic carboxylic acids is 1. The van der Waals surface area contributed by atoms with Crippen molar-refractivity contribution in [2.75, 3.05) is 32.7 Å². The molecule has 24 heteroatoms. The van der Waals surface area contributed by atoms with Crippen LogP contribution in [0.1, 0.15) is 64.4 Å². The second-order valence-electron chi connectivity index (χ2n) is 15.2. The average Bonchev–Trinajstić information content (AvgIpc) is 3.93. The number of likely N-dealkylation sites (tertiary alicyclic amines) is 1. The number of fused-ring (bicyclic) bond motifs is 1. The number of aromatic nitrogens is 1. The first-order valence-corrected chi connectivity index (χ1v) is 20.7. The predicted octanol–water partition coefficient (Wildman–Crippen LogP) is -4.39. The summed E-state index contributed by atoms with van der Waals surface area (Å²) in [6.45, 7) is 1.25. The van der Waals surface area contributed by atoms with Crippen LogP contribution in [-0.4, -0.2) is 143 Å². The van der Waals surface area contributed by atoms with Gasteiger partial charge in [0.25, 0.3) is 0 Å². The van der Waals surface area contributed by atoms with Gasteiger partial charge in [0.1, 0.15) is 36.8 Å². The second-order valence-corrected chi connectivity index (χ2v) is 15.2. The van der Waals surface area contributed by atoms with Crippen LogP contribution in [0.2, 0.25) is 0 Å². The first-order valence-electron chi connectivity index (χ1n) is 20.7. The monoisotopic (exact) mass is 898 g/mol. The highest BCUT2D eigenvalue weighted by Gasteiger charge is 2.36. The van der Waals surface area contributed by atoms with Crippen molar-refractivity contribution in [2.45, 2.75) is 95.4 Å². The van der Waals surface area contributed by atoms with Crippen LogP contribution in [0.25, 0.3) is 10.9 Å². The van der Waals surface area contributed by atoms with E-state index in [-0.39, 0.29) is 38.6 Å². The van der Waals surface area contributed by atoms with E-state index in [1.54, 1.807) is 44.3 Å². The van der Waals surface area contributed by atoms with E-state index in [4.69, 9.17) is 22.3 Å². The standard InChI is InChI=1S/C40H58N12O12/c1-3-21(2)35(51-32(56)19-45-37(61)26(11-13-30(43)54)49-39(63)28-9-6-14-52(28)33(57)16-41)40(64)50-27(15-22-17-44-24-8-5-4-7-23(22)24)38(62)46-18-31(55)48-25(10-12-29(42)53)36(60)47-20-34(58)59/h4-5,7-8,17,21,25-28,35,44H,3,6,9-16,18-20,41H2,1-2H3,(H2,42,53)(H2,43,54)(H,45,61)(H,46,62)(H,47,60)(H,48,55)(H,49,63)(H,50,64)(H,51,56)(H,58,59)/t21-,25-,26-,27-,28-,35-/m0/s1. The number of benzene rings is 1. The maximum atomic E-state index is 14.0. The summed E-state index contributed by atoms with van der Waals surface area (Å²) in [6.07, 6.45) is 1.65. The number of hydrogen-bond donors (Lipinski definition) is 12. The van der Waals surface area contributed by atoms with Crippen molar-refractivity contribution in [3.63, 3.8) is 0 Å². The Morgan fingerprint density at radius 3 is 1.91 bits per heavy atom. The summed E-state index contributed by atoms with van der Waals surface area (Å²) in [5, 5.41) is 26.7. The summed E-state index contributed by atoms with van der Waals surface area (Å²) in [7, 11) is 0. The molecule has 1 aliphatic heterocycles. The highest BCUT2D eigenvalue weighted by atomic mass is 16.4. The van der Waals surface area contributed by atoms with Gasteiger partial charge in [-0.15, -0.1) is 0 Å².